The van der Waals surface area contributed by atoms with Gasteiger partial charge in [-0.3, -0.25) is 4.79 Å². The molecule has 31 heavy (non-hydrogen) atoms. The third-order valence-electron chi connectivity index (χ3n) is 6.61. The number of benzene rings is 3. The maximum Gasteiger partial charge on any atom is 0.309 e. The Kier molecular flexibility index (Phi) is 5.97. The van der Waals surface area contributed by atoms with Gasteiger partial charge in [-0.25, -0.2) is 0 Å². The van der Waals surface area contributed by atoms with Crippen molar-refractivity contribution in [3.8, 4) is 0 Å². The minimum Gasteiger partial charge on any atom is -0.466 e. The number of ether oxygens (including phenoxy) is 2. The SMILES string of the molecule is CCOC(=O)[C@@H]1[C@@H](COC(c2ccccc2)(c2ccccc2)c2ccccc2)C1(C)C. The van der Waals surface area contributed by atoms with Crippen molar-refractivity contribution in [1.82, 2.24) is 0 Å². The zero-order chi connectivity index (χ0) is 21.9. The molecule has 0 unspecified atom stereocenters. The van der Waals surface area contributed by atoms with E-state index in [2.05, 4.69) is 50.2 Å². The Balaban J connectivity index is 1.76. The average Bonchev–Trinajstić information content (AvgIpc) is 3.37. The molecular weight excluding hydrogens is 384 g/mol. The number of hydrogen-bond acceptors (Lipinski definition) is 3. The third-order valence-corrected chi connectivity index (χ3v) is 6.61. The van der Waals surface area contributed by atoms with Crippen LogP contribution in [0.1, 0.15) is 37.5 Å². The van der Waals surface area contributed by atoms with Crippen LogP contribution in [0, 0.1) is 17.3 Å². The third kappa shape index (κ3) is 3.90. The standard InChI is InChI=1S/C28H30O3/c1-4-30-26(29)25-24(27(25,2)3)20-31-28(21-14-8-5-9-15-21,22-16-10-6-11-17-22)23-18-12-7-13-19-23/h5-19,24-25H,4,20H2,1-3H3/t24-,25+/m1/s1. The predicted molar refractivity (Wildman–Crippen MR) is 123 cm³/mol. The van der Waals surface area contributed by atoms with Gasteiger partial charge in [0.15, 0.2) is 0 Å². The molecule has 0 bridgehead atoms. The molecule has 3 heteroatoms. The van der Waals surface area contributed by atoms with Crippen LogP contribution in [0.3, 0.4) is 0 Å². The van der Waals surface area contributed by atoms with Crippen LogP contribution >= 0.6 is 0 Å². The maximum atomic E-state index is 12.5. The van der Waals surface area contributed by atoms with E-state index >= 15 is 0 Å². The molecule has 0 amide bonds. The summed E-state index contributed by atoms with van der Waals surface area (Å²) in [6.07, 6.45) is 0. The van der Waals surface area contributed by atoms with Gasteiger partial charge in [-0.1, -0.05) is 105 Å². The van der Waals surface area contributed by atoms with Crippen molar-refractivity contribution < 1.29 is 14.3 Å². The lowest BCUT2D eigenvalue weighted by Crippen LogP contribution is -2.34. The second-order valence-electron chi connectivity index (χ2n) is 8.75. The normalized spacial score (nSPS) is 19.6. The first-order valence-electron chi connectivity index (χ1n) is 11.0. The zero-order valence-corrected chi connectivity index (χ0v) is 18.5. The van der Waals surface area contributed by atoms with Crippen molar-refractivity contribution in [2.75, 3.05) is 13.2 Å². The van der Waals surface area contributed by atoms with Crippen LogP contribution in [0.5, 0.6) is 0 Å². The lowest BCUT2D eigenvalue weighted by Gasteiger charge is -2.36. The topological polar surface area (TPSA) is 35.5 Å². The van der Waals surface area contributed by atoms with E-state index in [1.807, 2.05) is 61.5 Å². The van der Waals surface area contributed by atoms with Gasteiger partial charge in [0.25, 0.3) is 0 Å². The Labute approximate surface area is 185 Å². The van der Waals surface area contributed by atoms with E-state index in [-0.39, 0.29) is 23.2 Å². The summed E-state index contributed by atoms with van der Waals surface area (Å²) in [7, 11) is 0. The smallest absolute Gasteiger partial charge is 0.309 e. The molecule has 4 rings (SSSR count). The molecule has 0 spiro atoms. The minimum atomic E-state index is -0.762. The first kappa shape index (κ1) is 21.3. The molecule has 3 aromatic rings. The Hall–Kier alpha value is -2.91. The number of esters is 1. The van der Waals surface area contributed by atoms with Crippen LogP contribution in [-0.2, 0) is 19.9 Å². The monoisotopic (exact) mass is 414 g/mol. The first-order valence-corrected chi connectivity index (χ1v) is 11.0. The highest BCUT2D eigenvalue weighted by Gasteiger charge is 2.63. The van der Waals surface area contributed by atoms with Crippen molar-refractivity contribution >= 4 is 5.97 Å². The molecule has 1 aliphatic rings. The Morgan fingerprint density at radius 2 is 1.23 bits per heavy atom. The number of carbonyl (C=O) groups is 1. The van der Waals surface area contributed by atoms with Crippen LogP contribution in [0.2, 0.25) is 0 Å². The van der Waals surface area contributed by atoms with E-state index in [1.54, 1.807) is 0 Å². The van der Waals surface area contributed by atoms with Gasteiger partial charge in [-0.15, -0.1) is 0 Å². The Bertz CT molecular complexity index is 900. The highest BCUT2D eigenvalue weighted by Crippen LogP contribution is 2.59. The van der Waals surface area contributed by atoms with Crippen molar-refractivity contribution in [2.24, 2.45) is 17.3 Å². The molecular formula is C28H30O3. The van der Waals surface area contributed by atoms with Gasteiger partial charge in [0.1, 0.15) is 5.60 Å². The lowest BCUT2D eigenvalue weighted by molar-refractivity contribution is -0.146. The summed E-state index contributed by atoms with van der Waals surface area (Å²) < 4.78 is 12.2. The summed E-state index contributed by atoms with van der Waals surface area (Å²) in [5.41, 5.74) is 2.31. The van der Waals surface area contributed by atoms with E-state index in [0.29, 0.717) is 13.2 Å². The number of hydrogen-bond donors (Lipinski definition) is 0. The molecule has 160 valence electrons. The van der Waals surface area contributed by atoms with Gasteiger partial charge in [-0.2, -0.15) is 0 Å². The van der Waals surface area contributed by atoms with Gasteiger partial charge in [0.05, 0.1) is 19.1 Å². The van der Waals surface area contributed by atoms with Crippen molar-refractivity contribution in [1.29, 1.82) is 0 Å². The maximum absolute atomic E-state index is 12.5. The van der Waals surface area contributed by atoms with Crippen molar-refractivity contribution in [3.05, 3.63) is 108 Å². The lowest BCUT2D eigenvalue weighted by atomic mass is 9.80. The Morgan fingerprint density at radius 1 is 0.806 bits per heavy atom. The van der Waals surface area contributed by atoms with Gasteiger partial charge in [0, 0.05) is 5.92 Å². The second-order valence-corrected chi connectivity index (χ2v) is 8.75. The highest BCUT2D eigenvalue weighted by atomic mass is 16.5. The first-order chi connectivity index (χ1) is 15.0. The second kappa shape index (κ2) is 8.68. The molecule has 3 aromatic carbocycles. The summed E-state index contributed by atoms with van der Waals surface area (Å²) in [4.78, 5) is 12.5. The van der Waals surface area contributed by atoms with Crippen LogP contribution < -0.4 is 0 Å². The average molecular weight is 415 g/mol. The number of rotatable bonds is 8. The van der Waals surface area contributed by atoms with E-state index in [9.17, 15) is 4.79 Å². The van der Waals surface area contributed by atoms with Crippen molar-refractivity contribution in [3.63, 3.8) is 0 Å². The summed E-state index contributed by atoms with van der Waals surface area (Å²) in [6.45, 7) is 6.97. The van der Waals surface area contributed by atoms with E-state index in [0.717, 1.165) is 16.7 Å². The van der Waals surface area contributed by atoms with Gasteiger partial charge >= 0.3 is 5.97 Å². The molecule has 1 fully saturated rings. The molecule has 0 aromatic heterocycles. The summed E-state index contributed by atoms with van der Waals surface area (Å²) in [5.74, 6) is -0.139. The molecule has 0 heterocycles. The van der Waals surface area contributed by atoms with Gasteiger partial charge < -0.3 is 9.47 Å². The predicted octanol–water partition coefficient (Wildman–Crippen LogP) is 5.83. The van der Waals surface area contributed by atoms with Gasteiger partial charge in [-0.05, 0) is 29.0 Å². The summed E-state index contributed by atoms with van der Waals surface area (Å²) in [6, 6.07) is 31.0. The fraction of sp³-hybridized carbons (Fsp3) is 0.321. The molecule has 3 nitrogen and oxygen atoms in total. The number of carbonyl (C=O) groups excluding carboxylic acids is 1. The molecule has 0 aliphatic heterocycles. The van der Waals surface area contributed by atoms with Crippen molar-refractivity contribution in [2.45, 2.75) is 26.4 Å². The van der Waals surface area contributed by atoms with E-state index in [1.165, 1.54) is 0 Å². The molecule has 0 radical (unpaired) electrons. The largest absolute Gasteiger partial charge is 0.466 e. The molecule has 0 saturated heterocycles. The van der Waals surface area contributed by atoms with Gasteiger partial charge in [0.2, 0.25) is 0 Å². The zero-order valence-electron chi connectivity index (χ0n) is 18.5. The van der Waals surface area contributed by atoms with E-state index in [4.69, 9.17) is 9.47 Å². The molecule has 1 aliphatic carbocycles. The highest BCUT2D eigenvalue weighted by molar-refractivity contribution is 5.77. The fourth-order valence-corrected chi connectivity index (χ4v) is 4.74. The van der Waals surface area contributed by atoms with E-state index < -0.39 is 5.60 Å². The quantitative estimate of drug-likeness (QED) is 0.344. The summed E-state index contributed by atoms with van der Waals surface area (Å²) >= 11 is 0. The Morgan fingerprint density at radius 3 is 1.61 bits per heavy atom. The van der Waals surface area contributed by atoms with Crippen LogP contribution in [0.25, 0.3) is 0 Å². The fourth-order valence-electron chi connectivity index (χ4n) is 4.74. The molecule has 0 N–H and O–H groups in total. The molecule has 1 saturated carbocycles. The molecule has 2 atom stereocenters. The van der Waals surface area contributed by atoms with Crippen LogP contribution in [-0.4, -0.2) is 19.2 Å². The van der Waals surface area contributed by atoms with Crippen LogP contribution in [0.15, 0.2) is 91.0 Å². The minimum absolute atomic E-state index is 0.113. The summed E-state index contributed by atoms with van der Waals surface area (Å²) in [5, 5.41) is 0. The van der Waals surface area contributed by atoms with Crippen LogP contribution in [0.4, 0.5) is 0 Å².